The van der Waals surface area contributed by atoms with E-state index in [0.717, 1.165) is 49.2 Å². The maximum absolute atomic E-state index is 11.1. The van der Waals surface area contributed by atoms with Crippen molar-refractivity contribution in [3.8, 4) is 17.2 Å². The fourth-order valence-corrected chi connectivity index (χ4v) is 4.32. The van der Waals surface area contributed by atoms with Gasteiger partial charge in [-0.1, -0.05) is 52.3 Å². The smallest absolute Gasteiger partial charge is 0.131 e. The number of benzene rings is 4. The average Bonchev–Trinajstić information content (AvgIpc) is 2.79. The Bertz CT molecular complexity index is 1280. The molecule has 0 aromatic heterocycles. The van der Waals surface area contributed by atoms with Crippen molar-refractivity contribution >= 4 is 32.5 Å². The van der Waals surface area contributed by atoms with Gasteiger partial charge in [0, 0.05) is 32.5 Å². The summed E-state index contributed by atoms with van der Waals surface area (Å²) in [6.07, 6.45) is 2.07. The lowest BCUT2D eigenvalue weighted by Gasteiger charge is -2.26. The lowest BCUT2D eigenvalue weighted by Crippen LogP contribution is -2.10. The van der Waals surface area contributed by atoms with Crippen LogP contribution in [0.2, 0.25) is 0 Å². The molecular formula is C26H19BrO3. The molecule has 30 heavy (non-hydrogen) atoms. The molecular weight excluding hydrogens is 440 g/mol. The van der Waals surface area contributed by atoms with Gasteiger partial charge in [-0.2, -0.15) is 0 Å². The van der Waals surface area contributed by atoms with Crippen LogP contribution in [0, 0.1) is 0 Å². The molecule has 4 aromatic carbocycles. The standard InChI is InChI=1S/C26H19BrO3/c1-29-19-10-6-17(7-11-19)25-15-22(23-14-18(27)9-13-24(23)30-25)21-12-8-16-4-2-3-5-20(16)26(21)28/h2-15,22,28H,1H3. The molecule has 0 spiro atoms. The summed E-state index contributed by atoms with van der Waals surface area (Å²) in [5.41, 5.74) is 2.81. The van der Waals surface area contributed by atoms with Crippen LogP contribution >= 0.6 is 15.9 Å². The number of aromatic hydroxyl groups is 1. The highest BCUT2D eigenvalue weighted by Crippen LogP contribution is 2.45. The number of methoxy groups -OCH3 is 1. The van der Waals surface area contributed by atoms with Gasteiger partial charge >= 0.3 is 0 Å². The Morgan fingerprint density at radius 1 is 0.900 bits per heavy atom. The zero-order valence-corrected chi connectivity index (χ0v) is 17.9. The Morgan fingerprint density at radius 3 is 2.50 bits per heavy atom. The molecule has 0 saturated carbocycles. The summed E-state index contributed by atoms with van der Waals surface area (Å²) in [4.78, 5) is 0. The van der Waals surface area contributed by atoms with Crippen LogP contribution in [0.15, 0.2) is 89.4 Å². The number of allylic oxidation sites excluding steroid dienone is 1. The van der Waals surface area contributed by atoms with Crippen molar-refractivity contribution in [1.29, 1.82) is 0 Å². The van der Waals surface area contributed by atoms with E-state index < -0.39 is 0 Å². The highest BCUT2D eigenvalue weighted by molar-refractivity contribution is 9.10. The molecule has 0 fully saturated rings. The monoisotopic (exact) mass is 458 g/mol. The third kappa shape index (κ3) is 3.23. The molecule has 5 rings (SSSR count). The van der Waals surface area contributed by atoms with Gasteiger partial charge in [0.05, 0.1) is 7.11 Å². The van der Waals surface area contributed by atoms with Gasteiger partial charge in [0.1, 0.15) is 23.0 Å². The van der Waals surface area contributed by atoms with Gasteiger partial charge in [0.25, 0.3) is 0 Å². The summed E-state index contributed by atoms with van der Waals surface area (Å²) in [5, 5.41) is 13.0. The van der Waals surface area contributed by atoms with Crippen molar-refractivity contribution in [2.45, 2.75) is 5.92 Å². The maximum atomic E-state index is 11.1. The first kappa shape index (κ1) is 18.8. The van der Waals surface area contributed by atoms with E-state index in [-0.39, 0.29) is 5.92 Å². The molecule has 148 valence electrons. The van der Waals surface area contributed by atoms with E-state index in [4.69, 9.17) is 9.47 Å². The number of rotatable bonds is 3. The van der Waals surface area contributed by atoms with Gasteiger partial charge in [-0.15, -0.1) is 0 Å². The van der Waals surface area contributed by atoms with Gasteiger partial charge in [-0.25, -0.2) is 0 Å². The Kier molecular flexibility index (Phi) is 4.72. The third-order valence-corrected chi connectivity index (χ3v) is 5.98. The fourth-order valence-electron chi connectivity index (χ4n) is 3.94. The molecule has 1 atom stereocenters. The van der Waals surface area contributed by atoms with Crippen LogP contribution in [-0.2, 0) is 0 Å². The van der Waals surface area contributed by atoms with Crippen LogP contribution < -0.4 is 9.47 Å². The minimum absolute atomic E-state index is 0.145. The molecule has 0 radical (unpaired) electrons. The lowest BCUT2D eigenvalue weighted by molar-refractivity contribution is 0.414. The van der Waals surface area contributed by atoms with Crippen molar-refractivity contribution in [2.24, 2.45) is 0 Å². The first-order valence-corrected chi connectivity index (χ1v) is 10.5. The Labute approximate surface area is 183 Å². The molecule has 3 nitrogen and oxygen atoms in total. The van der Waals surface area contributed by atoms with E-state index >= 15 is 0 Å². The molecule has 0 aliphatic carbocycles. The van der Waals surface area contributed by atoms with Crippen LogP contribution in [0.1, 0.15) is 22.6 Å². The van der Waals surface area contributed by atoms with Crippen molar-refractivity contribution in [3.05, 3.63) is 106 Å². The highest BCUT2D eigenvalue weighted by atomic mass is 79.9. The van der Waals surface area contributed by atoms with Crippen molar-refractivity contribution in [2.75, 3.05) is 7.11 Å². The number of hydrogen-bond acceptors (Lipinski definition) is 3. The van der Waals surface area contributed by atoms with Crippen LogP contribution in [0.5, 0.6) is 17.2 Å². The second-order valence-corrected chi connectivity index (χ2v) is 8.16. The summed E-state index contributed by atoms with van der Waals surface area (Å²) in [6.45, 7) is 0. The molecule has 4 aromatic rings. The van der Waals surface area contributed by atoms with Gasteiger partial charge in [-0.3, -0.25) is 0 Å². The second-order valence-electron chi connectivity index (χ2n) is 7.25. The van der Waals surface area contributed by atoms with Crippen molar-refractivity contribution in [3.63, 3.8) is 0 Å². The summed E-state index contributed by atoms with van der Waals surface area (Å²) in [6, 6.07) is 25.7. The van der Waals surface area contributed by atoms with E-state index in [1.54, 1.807) is 7.11 Å². The minimum atomic E-state index is -0.145. The van der Waals surface area contributed by atoms with Crippen molar-refractivity contribution < 1.29 is 14.6 Å². The molecule has 1 unspecified atom stereocenters. The van der Waals surface area contributed by atoms with Crippen LogP contribution in [0.3, 0.4) is 0 Å². The largest absolute Gasteiger partial charge is 0.507 e. The number of halogens is 1. The molecule has 1 N–H and O–H groups in total. The van der Waals surface area contributed by atoms with E-state index in [9.17, 15) is 5.11 Å². The molecule has 1 aliphatic heterocycles. The summed E-state index contributed by atoms with van der Waals surface area (Å²) in [7, 11) is 1.65. The molecule has 1 heterocycles. The fraction of sp³-hybridized carbons (Fsp3) is 0.0769. The lowest BCUT2D eigenvalue weighted by atomic mass is 9.86. The second kappa shape index (κ2) is 7.54. The number of phenols is 1. The predicted molar refractivity (Wildman–Crippen MR) is 123 cm³/mol. The quantitative estimate of drug-likeness (QED) is 0.363. The van der Waals surface area contributed by atoms with Crippen LogP contribution in [-0.4, -0.2) is 12.2 Å². The summed E-state index contributed by atoms with van der Waals surface area (Å²) >= 11 is 3.57. The molecule has 0 saturated heterocycles. The van der Waals surface area contributed by atoms with Crippen LogP contribution in [0.25, 0.3) is 16.5 Å². The Balaban J connectivity index is 1.69. The van der Waals surface area contributed by atoms with Gasteiger partial charge < -0.3 is 14.6 Å². The zero-order valence-electron chi connectivity index (χ0n) is 16.3. The highest BCUT2D eigenvalue weighted by Gasteiger charge is 2.27. The molecule has 4 heteroatoms. The first-order chi connectivity index (χ1) is 14.6. The summed E-state index contributed by atoms with van der Waals surface area (Å²) in [5.74, 6) is 2.49. The summed E-state index contributed by atoms with van der Waals surface area (Å²) < 4.78 is 12.5. The van der Waals surface area contributed by atoms with E-state index in [2.05, 4.69) is 34.1 Å². The maximum Gasteiger partial charge on any atom is 0.131 e. The average molecular weight is 459 g/mol. The van der Waals surface area contributed by atoms with Gasteiger partial charge in [-0.05, 0) is 53.9 Å². The van der Waals surface area contributed by atoms with E-state index in [1.807, 2.05) is 66.7 Å². The van der Waals surface area contributed by atoms with Gasteiger partial charge in [0.15, 0.2) is 0 Å². The Morgan fingerprint density at radius 2 is 1.70 bits per heavy atom. The Hall–Kier alpha value is -3.24. The molecule has 0 bridgehead atoms. The minimum Gasteiger partial charge on any atom is -0.507 e. The predicted octanol–water partition coefficient (Wildman–Crippen LogP) is 6.88. The third-order valence-electron chi connectivity index (χ3n) is 5.49. The van der Waals surface area contributed by atoms with E-state index in [0.29, 0.717) is 5.75 Å². The number of fused-ring (bicyclic) bond motifs is 2. The SMILES string of the molecule is COc1ccc(C2=CC(c3ccc4ccccc4c3O)c3cc(Br)ccc3O2)cc1. The molecule has 1 aliphatic rings. The topological polar surface area (TPSA) is 38.7 Å². The van der Waals surface area contributed by atoms with Gasteiger partial charge in [0.2, 0.25) is 0 Å². The normalized spacial score (nSPS) is 15.3. The van der Waals surface area contributed by atoms with Crippen LogP contribution in [0.4, 0.5) is 0 Å². The van der Waals surface area contributed by atoms with Crippen molar-refractivity contribution in [1.82, 2.24) is 0 Å². The zero-order chi connectivity index (χ0) is 20.7. The first-order valence-electron chi connectivity index (χ1n) is 9.68. The number of hydrogen-bond donors (Lipinski definition) is 1. The number of ether oxygens (including phenoxy) is 2. The number of phenolic OH excluding ortho intramolecular Hbond substituents is 1. The van der Waals surface area contributed by atoms with E-state index in [1.165, 1.54) is 0 Å². The molecule has 0 amide bonds.